The highest BCUT2D eigenvalue weighted by Crippen LogP contribution is 2.54. The molecule has 350 valence electrons. The van der Waals surface area contributed by atoms with E-state index in [1.54, 1.807) is 0 Å². The van der Waals surface area contributed by atoms with Crippen LogP contribution >= 0.6 is 0 Å². The second kappa shape index (κ2) is 16.2. The molecule has 0 fully saturated rings. The van der Waals surface area contributed by atoms with Crippen LogP contribution in [0.25, 0.3) is 76.9 Å². The Kier molecular flexibility index (Phi) is 8.22. The monoisotopic (exact) mass is 968 g/mol. The third-order valence-electron chi connectivity index (χ3n) is 15.9. The van der Waals surface area contributed by atoms with E-state index in [1.165, 1.54) is 16.3 Å². The molecule has 0 radical (unpaired) electrons. The molecule has 1 aliphatic heterocycles. The Morgan fingerprint density at radius 1 is 0.365 bits per heavy atom. The van der Waals surface area contributed by atoms with Gasteiger partial charge in [0.25, 0.3) is 0 Å². The summed E-state index contributed by atoms with van der Waals surface area (Å²) in [5, 5.41) is 9.73. The van der Waals surface area contributed by atoms with Crippen LogP contribution in [0.2, 0.25) is 0 Å². The van der Waals surface area contributed by atoms with E-state index in [-0.39, 0.29) is 24.2 Å². The van der Waals surface area contributed by atoms with Crippen LogP contribution in [0.4, 0.5) is 17.1 Å². The fraction of sp³-hybridized carbons (Fsp3) is 0.0435. The van der Waals surface area contributed by atoms with Gasteiger partial charge in [-0.25, -0.2) is 0 Å². The summed E-state index contributed by atoms with van der Waals surface area (Å²) in [6, 6.07) is 79.7. The SMILES string of the molecule is [2H]c1c([2H])c([2H])c([Si](c2ccccc2)(c2ccccc2)c2ccc3c4ccccc4n(-c4ccc5c(c4)C(C)(C)c4cc(-n6c7ccccc7c7ccccc76)ccc4N5c4ccc5oc6ccccc6c5c4)c3c2)c([2H])c1[2H]. The number of aromatic nitrogens is 2. The van der Waals surface area contributed by atoms with Gasteiger partial charge < -0.3 is 18.5 Å². The number of para-hydroxylation sites is 4. The summed E-state index contributed by atoms with van der Waals surface area (Å²) in [7, 11) is -3.72. The largest absolute Gasteiger partial charge is 0.456 e. The molecule has 4 nitrogen and oxygen atoms in total. The molecule has 0 amide bonds. The van der Waals surface area contributed by atoms with Crippen LogP contribution < -0.4 is 25.6 Å². The number of rotatable bonds is 7. The molecule has 0 saturated heterocycles. The lowest BCUT2D eigenvalue weighted by Gasteiger charge is -2.42. The molecule has 4 heterocycles. The minimum absolute atomic E-state index is 0.186. The molecular formula is C69H49N3OSi. The average molecular weight is 969 g/mol. The molecule has 0 aliphatic carbocycles. The van der Waals surface area contributed by atoms with Gasteiger partial charge in [-0.15, -0.1) is 0 Å². The normalized spacial score (nSPS) is 14.3. The number of hydrogen-bond donors (Lipinski definition) is 0. The van der Waals surface area contributed by atoms with Crippen molar-refractivity contribution in [1.82, 2.24) is 9.13 Å². The van der Waals surface area contributed by atoms with Gasteiger partial charge in [0.05, 0.1) is 40.3 Å². The Morgan fingerprint density at radius 3 is 1.42 bits per heavy atom. The number of benzene rings is 11. The molecule has 11 aromatic carbocycles. The summed E-state index contributed by atoms with van der Waals surface area (Å²) in [4.78, 5) is 2.42. The van der Waals surface area contributed by atoms with Crippen molar-refractivity contribution in [2.45, 2.75) is 19.3 Å². The van der Waals surface area contributed by atoms with Gasteiger partial charge in [0.1, 0.15) is 11.2 Å². The smallest absolute Gasteiger partial charge is 0.179 e. The zero-order valence-electron chi connectivity index (χ0n) is 45.7. The topological polar surface area (TPSA) is 26.2 Å². The number of hydrogen-bond acceptors (Lipinski definition) is 2. The molecule has 1 aliphatic rings. The predicted molar refractivity (Wildman–Crippen MR) is 313 cm³/mol. The molecule has 0 atom stereocenters. The van der Waals surface area contributed by atoms with E-state index in [2.05, 4.69) is 210 Å². The van der Waals surface area contributed by atoms with Gasteiger partial charge in [0.2, 0.25) is 0 Å². The van der Waals surface area contributed by atoms with E-state index in [0.29, 0.717) is 5.19 Å². The summed E-state index contributed by atoms with van der Waals surface area (Å²) in [6.45, 7) is 4.69. The third-order valence-corrected chi connectivity index (χ3v) is 20.5. The lowest BCUT2D eigenvalue weighted by atomic mass is 9.73. The maximum atomic E-state index is 9.66. The quantitative estimate of drug-likeness (QED) is 0.118. The Bertz CT molecular complexity index is 4730. The van der Waals surface area contributed by atoms with Gasteiger partial charge in [-0.05, 0) is 117 Å². The van der Waals surface area contributed by atoms with Crippen molar-refractivity contribution in [3.05, 3.63) is 272 Å². The molecule has 5 heteroatoms. The van der Waals surface area contributed by atoms with Gasteiger partial charge in [-0.1, -0.05) is 190 Å². The summed E-state index contributed by atoms with van der Waals surface area (Å²) in [5.74, 6) is 0. The zero-order valence-corrected chi connectivity index (χ0v) is 41.7. The van der Waals surface area contributed by atoms with Gasteiger partial charge in [0, 0.05) is 54.8 Å². The molecule has 0 N–H and O–H groups in total. The van der Waals surface area contributed by atoms with Crippen LogP contribution in [0.15, 0.2) is 265 Å². The third kappa shape index (κ3) is 6.08. The molecule has 74 heavy (non-hydrogen) atoms. The van der Waals surface area contributed by atoms with Crippen molar-refractivity contribution in [2.24, 2.45) is 0 Å². The first-order valence-electron chi connectivity index (χ1n) is 27.8. The van der Waals surface area contributed by atoms with Crippen molar-refractivity contribution in [2.75, 3.05) is 4.90 Å². The average Bonchev–Trinajstić information content (AvgIpc) is 4.33. The van der Waals surface area contributed by atoms with Gasteiger partial charge >= 0.3 is 0 Å². The van der Waals surface area contributed by atoms with Crippen LogP contribution in [-0.4, -0.2) is 17.2 Å². The molecule has 3 aromatic heterocycles. The maximum Gasteiger partial charge on any atom is 0.179 e. The van der Waals surface area contributed by atoms with Crippen LogP contribution in [0.3, 0.4) is 0 Å². The van der Waals surface area contributed by atoms with E-state index in [0.717, 1.165) is 104 Å². The standard InChI is InChI=1S/C69H49N3OSi/c1-69(2)59-43-47(70-61-30-16-12-26-53(61)54-27-13-17-31-62(54)70)34-39-64(59)72(46-36-41-68-58(42-46)57-29-15-19-33-67(57)73-68)65-40-35-48(44-60(65)69)71-63-32-18-14-28-55(63)56-38-37-52(45-66(56)71)74(49-20-6-3-7-21-49,50-22-8-4-9-23-50)51-24-10-5-11-25-51/h3-45H,1-2H3/i3D,6D,7D,20D,21D. The number of fused-ring (bicyclic) bond motifs is 11. The summed E-state index contributed by atoms with van der Waals surface area (Å²) in [5.41, 5.74) is 13.0. The van der Waals surface area contributed by atoms with Crippen molar-refractivity contribution in [3.8, 4) is 11.4 Å². The number of furan rings is 1. The first kappa shape index (κ1) is 37.6. The highest BCUT2D eigenvalue weighted by molar-refractivity contribution is 7.20. The minimum Gasteiger partial charge on any atom is -0.456 e. The maximum absolute atomic E-state index is 9.66. The van der Waals surface area contributed by atoms with Crippen molar-refractivity contribution in [3.63, 3.8) is 0 Å². The molecule has 14 aromatic rings. The van der Waals surface area contributed by atoms with E-state index >= 15 is 0 Å². The summed E-state index contributed by atoms with van der Waals surface area (Å²) < 4.78 is 57.3. The molecule has 0 bridgehead atoms. The lowest BCUT2D eigenvalue weighted by Crippen LogP contribution is -2.74. The fourth-order valence-electron chi connectivity index (χ4n) is 12.6. The van der Waals surface area contributed by atoms with E-state index in [1.807, 2.05) is 48.5 Å². The van der Waals surface area contributed by atoms with Crippen LogP contribution in [0, 0.1) is 0 Å². The lowest BCUT2D eigenvalue weighted by molar-refractivity contribution is 0.631. The summed E-state index contributed by atoms with van der Waals surface area (Å²) in [6.07, 6.45) is 0. The zero-order chi connectivity index (χ0) is 53.5. The highest BCUT2D eigenvalue weighted by atomic mass is 28.3. The fourth-order valence-corrected chi connectivity index (χ4v) is 17.0. The molecule has 15 rings (SSSR count). The second-order valence-corrected chi connectivity index (χ2v) is 23.8. The van der Waals surface area contributed by atoms with Gasteiger partial charge in [0.15, 0.2) is 8.07 Å². The van der Waals surface area contributed by atoms with E-state index in [4.69, 9.17) is 8.53 Å². The first-order valence-corrected chi connectivity index (χ1v) is 27.3. The predicted octanol–water partition coefficient (Wildman–Crippen LogP) is 15.3. The molecule has 0 saturated carbocycles. The number of anilines is 3. The Labute approximate surface area is 437 Å². The van der Waals surface area contributed by atoms with Crippen LogP contribution in [0.5, 0.6) is 0 Å². The van der Waals surface area contributed by atoms with Crippen molar-refractivity contribution >= 4 is 111 Å². The van der Waals surface area contributed by atoms with Crippen LogP contribution in [-0.2, 0) is 5.41 Å². The molecular weight excluding hydrogens is 915 g/mol. The molecule has 0 unspecified atom stereocenters. The Hall–Kier alpha value is -9.16. The summed E-state index contributed by atoms with van der Waals surface area (Å²) >= 11 is 0. The molecule has 0 spiro atoms. The van der Waals surface area contributed by atoms with Gasteiger partial charge in [-0.3, -0.25) is 0 Å². The first-order chi connectivity index (χ1) is 38.5. The highest BCUT2D eigenvalue weighted by Gasteiger charge is 2.42. The number of nitrogens with zero attached hydrogens (tertiary/aromatic N) is 3. The Morgan fingerprint density at radius 2 is 0.838 bits per heavy atom. The van der Waals surface area contributed by atoms with Gasteiger partial charge in [-0.2, -0.15) is 0 Å². The minimum atomic E-state index is -3.72. The van der Waals surface area contributed by atoms with E-state index < -0.39 is 19.5 Å². The Balaban J connectivity index is 0.998. The second-order valence-electron chi connectivity index (χ2n) is 20.1. The van der Waals surface area contributed by atoms with Crippen LogP contribution in [0.1, 0.15) is 31.8 Å². The van der Waals surface area contributed by atoms with Crippen molar-refractivity contribution < 1.29 is 11.3 Å². The van der Waals surface area contributed by atoms with Crippen molar-refractivity contribution in [1.29, 1.82) is 0 Å². The van der Waals surface area contributed by atoms with E-state index in [9.17, 15) is 2.74 Å².